The van der Waals surface area contributed by atoms with E-state index in [4.69, 9.17) is 0 Å². The van der Waals surface area contributed by atoms with Crippen LogP contribution in [0.5, 0.6) is 0 Å². The van der Waals surface area contributed by atoms with E-state index in [1.165, 1.54) is 5.57 Å². The third-order valence-corrected chi connectivity index (χ3v) is 5.50. The summed E-state index contributed by atoms with van der Waals surface area (Å²) in [4.78, 5) is 12.3. The molecule has 1 saturated carbocycles. The van der Waals surface area contributed by atoms with Crippen molar-refractivity contribution in [2.45, 2.75) is 66.4 Å². The SMILES string of the molecule is CC1=C[C@H](O)CC(C)=CCC(=O)C(C)=C[C@H]2[C@@H](CC1)C2(C)C. The van der Waals surface area contributed by atoms with Gasteiger partial charge in [0, 0.05) is 6.42 Å². The Morgan fingerprint density at radius 2 is 1.82 bits per heavy atom. The van der Waals surface area contributed by atoms with Gasteiger partial charge in [0.15, 0.2) is 5.78 Å². The number of fused-ring (bicyclic) bond motifs is 1. The second-order valence-electron chi connectivity index (χ2n) is 7.80. The molecule has 0 aromatic carbocycles. The fourth-order valence-electron chi connectivity index (χ4n) is 3.73. The van der Waals surface area contributed by atoms with Gasteiger partial charge in [0.2, 0.25) is 0 Å². The van der Waals surface area contributed by atoms with Gasteiger partial charge < -0.3 is 5.11 Å². The summed E-state index contributed by atoms with van der Waals surface area (Å²) in [7, 11) is 0. The van der Waals surface area contributed by atoms with E-state index in [9.17, 15) is 9.90 Å². The molecular weight excluding hydrogens is 272 g/mol. The summed E-state index contributed by atoms with van der Waals surface area (Å²) in [6, 6.07) is 0. The van der Waals surface area contributed by atoms with Gasteiger partial charge in [-0.1, -0.05) is 43.2 Å². The van der Waals surface area contributed by atoms with Crippen molar-refractivity contribution in [2.24, 2.45) is 17.3 Å². The minimum atomic E-state index is -0.436. The van der Waals surface area contributed by atoms with E-state index >= 15 is 0 Å². The van der Waals surface area contributed by atoms with E-state index in [0.29, 0.717) is 30.1 Å². The molecule has 0 heterocycles. The number of allylic oxidation sites excluding steroid dienone is 4. The number of Topliss-reactive ketones (excluding diaryl/α,β-unsaturated/α-hetero) is 1. The highest BCUT2D eigenvalue weighted by atomic mass is 16.3. The van der Waals surface area contributed by atoms with Crippen molar-refractivity contribution in [1.82, 2.24) is 0 Å². The van der Waals surface area contributed by atoms with Crippen LogP contribution in [0.4, 0.5) is 0 Å². The first-order valence-electron chi connectivity index (χ1n) is 8.44. The van der Waals surface area contributed by atoms with E-state index in [2.05, 4.69) is 26.8 Å². The van der Waals surface area contributed by atoms with Crippen molar-refractivity contribution in [1.29, 1.82) is 0 Å². The summed E-state index contributed by atoms with van der Waals surface area (Å²) in [6.07, 6.45) is 8.95. The highest BCUT2D eigenvalue weighted by Gasteiger charge is 2.55. The summed E-state index contributed by atoms with van der Waals surface area (Å²) in [5.41, 5.74) is 3.55. The molecule has 2 nitrogen and oxygen atoms in total. The quantitative estimate of drug-likeness (QED) is 0.664. The number of aliphatic hydroxyl groups excluding tert-OH is 1. The fraction of sp³-hybridized carbons (Fsp3) is 0.650. The third kappa shape index (κ3) is 3.98. The Morgan fingerprint density at radius 1 is 1.14 bits per heavy atom. The maximum Gasteiger partial charge on any atom is 0.162 e. The lowest BCUT2D eigenvalue weighted by atomic mass is 10.00. The number of carbonyl (C=O) groups is 1. The predicted molar refractivity (Wildman–Crippen MR) is 91.5 cm³/mol. The molecule has 122 valence electrons. The van der Waals surface area contributed by atoms with Crippen LogP contribution in [0, 0.1) is 17.3 Å². The molecular formula is C20H30O2. The van der Waals surface area contributed by atoms with Gasteiger partial charge in [0.25, 0.3) is 0 Å². The zero-order valence-electron chi connectivity index (χ0n) is 14.6. The van der Waals surface area contributed by atoms with Gasteiger partial charge in [-0.05, 0) is 62.9 Å². The van der Waals surface area contributed by atoms with Crippen molar-refractivity contribution >= 4 is 5.78 Å². The maximum atomic E-state index is 12.3. The molecule has 0 spiro atoms. The first-order chi connectivity index (χ1) is 10.2. The van der Waals surface area contributed by atoms with Gasteiger partial charge in [-0.3, -0.25) is 4.79 Å². The first kappa shape index (κ1) is 17.2. The van der Waals surface area contributed by atoms with Gasteiger partial charge in [0.05, 0.1) is 6.10 Å². The van der Waals surface area contributed by atoms with Crippen LogP contribution in [0.15, 0.2) is 34.9 Å². The molecule has 0 aromatic rings. The van der Waals surface area contributed by atoms with Gasteiger partial charge in [-0.15, -0.1) is 0 Å². The molecule has 1 fully saturated rings. The summed E-state index contributed by atoms with van der Waals surface area (Å²) in [5, 5.41) is 10.1. The highest BCUT2D eigenvalue weighted by Crippen LogP contribution is 2.61. The normalized spacial score (nSPS) is 33.1. The second kappa shape index (κ2) is 6.54. The summed E-state index contributed by atoms with van der Waals surface area (Å²) in [5.74, 6) is 1.37. The van der Waals surface area contributed by atoms with Crippen LogP contribution in [-0.4, -0.2) is 17.0 Å². The molecule has 22 heavy (non-hydrogen) atoms. The molecule has 2 rings (SSSR count). The van der Waals surface area contributed by atoms with E-state index in [0.717, 1.165) is 24.0 Å². The number of hydrogen-bond donors (Lipinski definition) is 1. The zero-order chi connectivity index (χ0) is 16.5. The number of aliphatic hydroxyl groups is 1. The van der Waals surface area contributed by atoms with Gasteiger partial charge in [-0.2, -0.15) is 0 Å². The average Bonchev–Trinajstić information content (AvgIpc) is 2.92. The number of hydrogen-bond acceptors (Lipinski definition) is 2. The van der Waals surface area contributed by atoms with Crippen molar-refractivity contribution < 1.29 is 9.90 Å². The molecule has 0 unspecified atom stereocenters. The lowest BCUT2D eigenvalue weighted by Crippen LogP contribution is -2.05. The molecule has 2 aliphatic rings. The predicted octanol–water partition coefficient (Wildman–Crippen LogP) is 4.60. The second-order valence-corrected chi connectivity index (χ2v) is 7.80. The standard InChI is InChI=1S/C20H30O2/c1-13-6-8-17-18(20(17,4)5)12-15(3)19(22)9-7-14(2)11-16(21)10-13/h7,10,12,16-18,21H,6,8-9,11H2,1-5H3/t16-,17+,18-/m0/s1. The Labute approximate surface area is 135 Å². The first-order valence-corrected chi connectivity index (χ1v) is 8.44. The van der Waals surface area contributed by atoms with Crippen LogP contribution in [0.25, 0.3) is 0 Å². The Kier molecular flexibility index (Phi) is 5.11. The van der Waals surface area contributed by atoms with Crippen molar-refractivity contribution in [3.8, 4) is 0 Å². The van der Waals surface area contributed by atoms with Crippen LogP contribution < -0.4 is 0 Å². The highest BCUT2D eigenvalue weighted by molar-refractivity contribution is 5.95. The summed E-state index contributed by atoms with van der Waals surface area (Å²) in [6.45, 7) is 10.6. The number of ketones is 1. The molecule has 0 saturated heterocycles. The van der Waals surface area contributed by atoms with E-state index in [1.807, 2.05) is 26.0 Å². The molecule has 2 heteroatoms. The lowest BCUT2D eigenvalue weighted by Gasteiger charge is -2.10. The largest absolute Gasteiger partial charge is 0.389 e. The monoisotopic (exact) mass is 302 g/mol. The molecule has 2 aliphatic carbocycles. The molecule has 0 bridgehead atoms. The van der Waals surface area contributed by atoms with Crippen LogP contribution in [0.1, 0.15) is 60.3 Å². The Bertz CT molecular complexity index is 534. The van der Waals surface area contributed by atoms with Gasteiger partial charge in [0.1, 0.15) is 0 Å². The fourth-order valence-corrected chi connectivity index (χ4v) is 3.73. The summed E-state index contributed by atoms with van der Waals surface area (Å²) < 4.78 is 0. The van der Waals surface area contributed by atoms with Crippen LogP contribution in [-0.2, 0) is 4.79 Å². The number of rotatable bonds is 0. The van der Waals surface area contributed by atoms with Gasteiger partial charge in [-0.25, -0.2) is 0 Å². The van der Waals surface area contributed by atoms with Gasteiger partial charge >= 0.3 is 0 Å². The van der Waals surface area contributed by atoms with Crippen molar-refractivity contribution in [3.63, 3.8) is 0 Å². The van der Waals surface area contributed by atoms with Crippen LogP contribution >= 0.6 is 0 Å². The molecule has 0 aliphatic heterocycles. The van der Waals surface area contributed by atoms with Crippen molar-refractivity contribution in [2.75, 3.05) is 0 Å². The maximum absolute atomic E-state index is 12.3. The molecule has 3 atom stereocenters. The summed E-state index contributed by atoms with van der Waals surface area (Å²) >= 11 is 0. The van der Waals surface area contributed by atoms with Crippen molar-refractivity contribution in [3.05, 3.63) is 34.9 Å². The Balaban J connectivity index is 2.23. The third-order valence-electron chi connectivity index (χ3n) is 5.50. The minimum absolute atomic E-state index is 0.207. The lowest BCUT2D eigenvalue weighted by molar-refractivity contribution is -0.114. The number of carbonyl (C=O) groups excluding carboxylic acids is 1. The van der Waals surface area contributed by atoms with E-state index in [1.54, 1.807) is 0 Å². The topological polar surface area (TPSA) is 37.3 Å². The molecule has 0 amide bonds. The average molecular weight is 302 g/mol. The van der Waals surface area contributed by atoms with E-state index in [-0.39, 0.29) is 5.78 Å². The smallest absolute Gasteiger partial charge is 0.162 e. The Hall–Kier alpha value is -1.15. The molecule has 1 N–H and O–H groups in total. The Morgan fingerprint density at radius 3 is 2.50 bits per heavy atom. The van der Waals surface area contributed by atoms with Crippen LogP contribution in [0.2, 0.25) is 0 Å². The van der Waals surface area contributed by atoms with E-state index < -0.39 is 6.10 Å². The molecule has 0 aromatic heterocycles. The molecule has 0 radical (unpaired) electrons. The van der Waals surface area contributed by atoms with Crippen LogP contribution in [0.3, 0.4) is 0 Å². The zero-order valence-corrected chi connectivity index (χ0v) is 14.6. The minimum Gasteiger partial charge on any atom is -0.389 e.